The molecule has 1 aromatic carbocycles. The van der Waals surface area contributed by atoms with E-state index in [0.717, 1.165) is 16.9 Å². The number of amides is 1. The molecule has 104 valence electrons. The Labute approximate surface area is 128 Å². The number of nitrogens with one attached hydrogen (secondary N) is 1. The van der Waals surface area contributed by atoms with Gasteiger partial charge in [-0.3, -0.25) is 4.79 Å². The standard InChI is InChI=1S/C13H9Cl2NO3S/c14-10-5-9(11(15)20-10)12(17)16-6-7-1-3-8(4-2-7)13(18)19/h1-5H,6H2,(H,16,17)(H,18,19). The Morgan fingerprint density at radius 3 is 2.35 bits per heavy atom. The SMILES string of the molecule is O=C(O)c1ccc(CNC(=O)c2cc(Cl)sc2Cl)cc1. The molecule has 0 aliphatic rings. The monoisotopic (exact) mass is 329 g/mol. The lowest BCUT2D eigenvalue weighted by Gasteiger charge is -2.05. The zero-order chi connectivity index (χ0) is 14.7. The summed E-state index contributed by atoms with van der Waals surface area (Å²) in [6.07, 6.45) is 0. The van der Waals surface area contributed by atoms with Gasteiger partial charge < -0.3 is 10.4 Å². The summed E-state index contributed by atoms with van der Waals surface area (Å²) < 4.78 is 0.791. The number of thiophene rings is 1. The zero-order valence-electron chi connectivity index (χ0n) is 10.0. The van der Waals surface area contributed by atoms with E-state index in [0.29, 0.717) is 14.2 Å². The molecule has 2 aromatic rings. The number of halogens is 2. The van der Waals surface area contributed by atoms with Crippen LogP contribution in [0.1, 0.15) is 26.3 Å². The van der Waals surface area contributed by atoms with Gasteiger partial charge in [0.1, 0.15) is 4.34 Å². The highest BCUT2D eigenvalue weighted by Crippen LogP contribution is 2.30. The topological polar surface area (TPSA) is 66.4 Å². The maximum Gasteiger partial charge on any atom is 0.335 e. The van der Waals surface area contributed by atoms with Crippen molar-refractivity contribution in [2.75, 3.05) is 0 Å². The lowest BCUT2D eigenvalue weighted by molar-refractivity contribution is 0.0696. The summed E-state index contributed by atoms with van der Waals surface area (Å²) in [6, 6.07) is 7.77. The van der Waals surface area contributed by atoms with E-state index >= 15 is 0 Å². The molecule has 0 bridgehead atoms. The van der Waals surface area contributed by atoms with Gasteiger partial charge in [0, 0.05) is 6.54 Å². The molecule has 0 saturated carbocycles. The number of aromatic carboxylic acids is 1. The molecular weight excluding hydrogens is 321 g/mol. The van der Waals surface area contributed by atoms with Gasteiger partial charge in [-0.2, -0.15) is 0 Å². The van der Waals surface area contributed by atoms with E-state index in [4.69, 9.17) is 28.3 Å². The second kappa shape index (κ2) is 6.26. The van der Waals surface area contributed by atoms with Gasteiger partial charge in [-0.15, -0.1) is 11.3 Å². The fraction of sp³-hybridized carbons (Fsp3) is 0.0769. The number of hydrogen-bond donors (Lipinski definition) is 2. The van der Waals surface area contributed by atoms with Crippen LogP contribution in [0.2, 0.25) is 8.67 Å². The van der Waals surface area contributed by atoms with Gasteiger partial charge in [-0.25, -0.2) is 4.79 Å². The molecule has 0 unspecified atom stereocenters. The quantitative estimate of drug-likeness (QED) is 0.899. The summed E-state index contributed by atoms with van der Waals surface area (Å²) in [6.45, 7) is 0.280. The Morgan fingerprint density at radius 2 is 1.85 bits per heavy atom. The molecule has 0 radical (unpaired) electrons. The first-order valence-corrected chi connectivity index (χ1v) is 7.10. The van der Waals surface area contributed by atoms with Crippen molar-refractivity contribution in [3.05, 3.63) is 55.7 Å². The Morgan fingerprint density at radius 1 is 1.20 bits per heavy atom. The Hall–Kier alpha value is -1.56. The van der Waals surface area contributed by atoms with Crippen molar-refractivity contribution in [2.45, 2.75) is 6.54 Å². The number of carboxylic acids is 1. The van der Waals surface area contributed by atoms with E-state index in [9.17, 15) is 9.59 Å². The van der Waals surface area contributed by atoms with E-state index in [2.05, 4.69) is 5.32 Å². The molecule has 0 aliphatic carbocycles. The molecule has 0 aliphatic heterocycles. The summed E-state index contributed by atoms with van der Waals surface area (Å²) in [5.74, 6) is -1.30. The number of carbonyl (C=O) groups is 2. The Balaban J connectivity index is 2.00. The molecule has 0 fully saturated rings. The largest absolute Gasteiger partial charge is 0.478 e. The van der Waals surface area contributed by atoms with Gasteiger partial charge in [-0.1, -0.05) is 35.3 Å². The van der Waals surface area contributed by atoms with Crippen molar-refractivity contribution in [1.82, 2.24) is 5.32 Å². The van der Waals surface area contributed by atoms with Crippen LogP contribution < -0.4 is 5.32 Å². The molecule has 7 heteroatoms. The van der Waals surface area contributed by atoms with Crippen LogP contribution in [0.4, 0.5) is 0 Å². The van der Waals surface area contributed by atoms with Crippen molar-refractivity contribution in [1.29, 1.82) is 0 Å². The number of rotatable bonds is 4. The van der Waals surface area contributed by atoms with E-state index in [-0.39, 0.29) is 18.0 Å². The number of carboxylic acid groups (broad SMARTS) is 1. The van der Waals surface area contributed by atoms with Crippen LogP contribution in [0, 0.1) is 0 Å². The normalized spacial score (nSPS) is 10.3. The van der Waals surface area contributed by atoms with E-state index in [1.54, 1.807) is 12.1 Å². The van der Waals surface area contributed by atoms with Crippen molar-refractivity contribution in [3.63, 3.8) is 0 Å². The van der Waals surface area contributed by atoms with Crippen LogP contribution in [-0.2, 0) is 6.54 Å². The Kier molecular flexibility index (Phi) is 4.65. The molecule has 0 atom stereocenters. The lowest BCUT2D eigenvalue weighted by atomic mass is 10.1. The molecule has 4 nitrogen and oxygen atoms in total. The second-order valence-corrected chi connectivity index (χ2v) is 6.21. The highest BCUT2D eigenvalue weighted by molar-refractivity contribution is 7.20. The fourth-order valence-electron chi connectivity index (χ4n) is 1.54. The van der Waals surface area contributed by atoms with Crippen molar-refractivity contribution < 1.29 is 14.7 Å². The Bertz CT molecular complexity index is 652. The van der Waals surface area contributed by atoms with Gasteiger partial charge in [-0.05, 0) is 23.8 Å². The molecule has 0 spiro atoms. The van der Waals surface area contributed by atoms with Crippen LogP contribution in [0.3, 0.4) is 0 Å². The third-order valence-corrected chi connectivity index (χ3v) is 4.04. The van der Waals surface area contributed by atoms with Gasteiger partial charge in [0.05, 0.1) is 15.5 Å². The first-order chi connectivity index (χ1) is 9.47. The minimum atomic E-state index is -0.986. The summed E-state index contributed by atoms with van der Waals surface area (Å²) in [5, 5.41) is 11.5. The molecule has 20 heavy (non-hydrogen) atoms. The number of benzene rings is 1. The van der Waals surface area contributed by atoms with Crippen LogP contribution in [0.15, 0.2) is 30.3 Å². The third kappa shape index (κ3) is 3.50. The molecule has 2 N–H and O–H groups in total. The van der Waals surface area contributed by atoms with Gasteiger partial charge in [0.15, 0.2) is 0 Å². The van der Waals surface area contributed by atoms with E-state index < -0.39 is 5.97 Å². The van der Waals surface area contributed by atoms with Crippen LogP contribution >= 0.6 is 34.5 Å². The smallest absolute Gasteiger partial charge is 0.335 e. The summed E-state index contributed by atoms with van der Waals surface area (Å²) in [4.78, 5) is 22.6. The van der Waals surface area contributed by atoms with Crippen molar-refractivity contribution >= 4 is 46.4 Å². The molecule has 1 aromatic heterocycles. The minimum Gasteiger partial charge on any atom is -0.478 e. The second-order valence-electron chi connectivity index (χ2n) is 3.92. The summed E-state index contributed by atoms with van der Waals surface area (Å²) in [5.41, 5.74) is 1.33. The minimum absolute atomic E-state index is 0.202. The first-order valence-electron chi connectivity index (χ1n) is 5.52. The highest BCUT2D eigenvalue weighted by atomic mass is 35.5. The van der Waals surface area contributed by atoms with Gasteiger partial charge >= 0.3 is 5.97 Å². The average molecular weight is 330 g/mol. The predicted molar refractivity (Wildman–Crippen MR) is 78.9 cm³/mol. The fourth-order valence-corrected chi connectivity index (χ4v) is 3.00. The molecule has 1 amide bonds. The summed E-state index contributed by atoms with van der Waals surface area (Å²) in [7, 11) is 0. The third-order valence-electron chi connectivity index (χ3n) is 2.56. The van der Waals surface area contributed by atoms with E-state index in [1.165, 1.54) is 18.2 Å². The first kappa shape index (κ1) is 14.8. The average Bonchev–Trinajstić information content (AvgIpc) is 2.75. The van der Waals surface area contributed by atoms with Crippen LogP contribution in [0.5, 0.6) is 0 Å². The lowest BCUT2D eigenvalue weighted by Crippen LogP contribution is -2.22. The zero-order valence-corrected chi connectivity index (χ0v) is 12.4. The molecule has 1 heterocycles. The van der Waals surface area contributed by atoms with E-state index in [1.807, 2.05) is 0 Å². The maximum absolute atomic E-state index is 11.9. The number of hydrogen-bond acceptors (Lipinski definition) is 3. The predicted octanol–water partition coefficient (Wildman–Crippen LogP) is 3.68. The highest BCUT2D eigenvalue weighted by Gasteiger charge is 2.13. The molecule has 2 rings (SSSR count). The van der Waals surface area contributed by atoms with Crippen molar-refractivity contribution in [2.24, 2.45) is 0 Å². The van der Waals surface area contributed by atoms with Gasteiger partial charge in [0.25, 0.3) is 5.91 Å². The van der Waals surface area contributed by atoms with Crippen LogP contribution in [-0.4, -0.2) is 17.0 Å². The van der Waals surface area contributed by atoms with Gasteiger partial charge in [0.2, 0.25) is 0 Å². The number of carbonyl (C=O) groups excluding carboxylic acids is 1. The van der Waals surface area contributed by atoms with Crippen LogP contribution in [0.25, 0.3) is 0 Å². The summed E-state index contributed by atoms with van der Waals surface area (Å²) >= 11 is 12.8. The van der Waals surface area contributed by atoms with Crippen molar-refractivity contribution in [3.8, 4) is 0 Å². The maximum atomic E-state index is 11.9. The molecule has 0 saturated heterocycles. The molecular formula is C13H9Cl2NO3S.